The van der Waals surface area contributed by atoms with Gasteiger partial charge in [0.15, 0.2) is 5.78 Å². The number of carbonyl (C=O) groups is 2. The molecule has 0 atom stereocenters. The molecule has 3 aromatic carbocycles. The number of methoxy groups -OCH3 is 2. The minimum Gasteiger partial charge on any atom is -0.497 e. The number of Topliss-reactive ketones (excluding diaryl/α,β-unsaturated/α-hetero) is 1. The van der Waals surface area contributed by atoms with Crippen LogP contribution < -0.4 is 14.8 Å². The Bertz CT molecular complexity index is 985. The number of ether oxygens (including phenoxy) is 2. The van der Waals surface area contributed by atoms with Gasteiger partial charge in [0.05, 0.1) is 20.0 Å². The second kappa shape index (κ2) is 9.80. The van der Waals surface area contributed by atoms with Crippen LogP contribution in [0.3, 0.4) is 0 Å². The minimum absolute atomic E-state index is 0.0331. The lowest BCUT2D eigenvalue weighted by atomic mass is 10.1. The fraction of sp³-hybridized carbons (Fsp3) is 0.130. The van der Waals surface area contributed by atoms with E-state index in [-0.39, 0.29) is 11.7 Å². The van der Waals surface area contributed by atoms with Crippen molar-refractivity contribution < 1.29 is 19.1 Å². The highest BCUT2D eigenvalue weighted by Gasteiger charge is 2.09. The van der Waals surface area contributed by atoms with Crippen molar-refractivity contribution in [2.24, 2.45) is 0 Å². The molecule has 1 amide bonds. The first-order valence-corrected chi connectivity index (χ1v) is 9.93. The number of amides is 1. The Morgan fingerprint density at radius 1 is 0.828 bits per heavy atom. The molecule has 3 rings (SSSR count). The van der Waals surface area contributed by atoms with Gasteiger partial charge < -0.3 is 14.8 Å². The molecule has 3 aromatic rings. The highest BCUT2D eigenvalue weighted by Crippen LogP contribution is 2.23. The standard InChI is InChI=1S/C23H21NO4S/c1-27-19-10-6-16(7-11-19)23(26)24-18-8-12-21(13-9-18)29-15-22(25)17-4-3-5-20(14-17)28-2/h3-14H,15H2,1-2H3,(H,24,26). The molecular formula is C23H21NO4S. The number of nitrogens with one attached hydrogen (secondary N) is 1. The Morgan fingerprint density at radius 2 is 1.52 bits per heavy atom. The SMILES string of the molecule is COc1ccc(C(=O)Nc2ccc(SCC(=O)c3cccc(OC)c3)cc2)cc1. The smallest absolute Gasteiger partial charge is 0.255 e. The Kier molecular flexibility index (Phi) is 6.92. The van der Waals surface area contributed by atoms with E-state index in [9.17, 15) is 9.59 Å². The summed E-state index contributed by atoms with van der Waals surface area (Å²) in [6.07, 6.45) is 0. The maximum Gasteiger partial charge on any atom is 0.255 e. The first-order chi connectivity index (χ1) is 14.1. The van der Waals surface area contributed by atoms with Crippen molar-refractivity contribution in [3.05, 3.63) is 83.9 Å². The first-order valence-electron chi connectivity index (χ1n) is 8.94. The van der Waals surface area contributed by atoms with E-state index in [1.54, 1.807) is 56.7 Å². The number of carbonyl (C=O) groups excluding carboxylic acids is 2. The van der Waals surface area contributed by atoms with Crippen LogP contribution in [0.5, 0.6) is 11.5 Å². The summed E-state index contributed by atoms with van der Waals surface area (Å²) in [4.78, 5) is 25.6. The lowest BCUT2D eigenvalue weighted by molar-refractivity contribution is 0.101. The summed E-state index contributed by atoms with van der Waals surface area (Å²) in [6.45, 7) is 0. The van der Waals surface area contributed by atoms with E-state index in [0.717, 1.165) is 4.90 Å². The van der Waals surface area contributed by atoms with E-state index in [1.807, 2.05) is 30.3 Å². The monoisotopic (exact) mass is 407 g/mol. The maximum atomic E-state index is 12.4. The van der Waals surface area contributed by atoms with E-state index in [2.05, 4.69) is 5.32 Å². The van der Waals surface area contributed by atoms with Gasteiger partial charge in [-0.1, -0.05) is 12.1 Å². The third-order valence-corrected chi connectivity index (χ3v) is 5.24. The molecule has 0 unspecified atom stereocenters. The minimum atomic E-state index is -0.193. The topological polar surface area (TPSA) is 64.6 Å². The number of hydrogen-bond acceptors (Lipinski definition) is 5. The van der Waals surface area contributed by atoms with E-state index in [0.29, 0.717) is 34.1 Å². The van der Waals surface area contributed by atoms with Crippen molar-refractivity contribution in [1.29, 1.82) is 0 Å². The van der Waals surface area contributed by atoms with Gasteiger partial charge in [-0.2, -0.15) is 0 Å². The second-order valence-electron chi connectivity index (χ2n) is 6.15. The number of anilines is 1. The van der Waals surface area contributed by atoms with Crippen molar-refractivity contribution in [2.45, 2.75) is 4.90 Å². The van der Waals surface area contributed by atoms with Crippen LogP contribution in [0.4, 0.5) is 5.69 Å². The molecule has 0 heterocycles. The molecule has 0 saturated heterocycles. The number of rotatable bonds is 8. The molecule has 5 nitrogen and oxygen atoms in total. The summed E-state index contributed by atoms with van der Waals surface area (Å²) < 4.78 is 10.3. The summed E-state index contributed by atoms with van der Waals surface area (Å²) in [5.41, 5.74) is 1.86. The molecule has 0 bridgehead atoms. The fourth-order valence-corrected chi connectivity index (χ4v) is 3.40. The number of thioether (sulfide) groups is 1. The van der Waals surface area contributed by atoms with Gasteiger partial charge in [-0.25, -0.2) is 0 Å². The predicted octanol–water partition coefficient (Wildman–Crippen LogP) is 4.93. The molecule has 6 heteroatoms. The van der Waals surface area contributed by atoms with Crippen molar-refractivity contribution >= 4 is 29.1 Å². The molecule has 0 aromatic heterocycles. The highest BCUT2D eigenvalue weighted by molar-refractivity contribution is 8.00. The van der Waals surface area contributed by atoms with Crippen molar-refractivity contribution in [3.63, 3.8) is 0 Å². The molecule has 1 N–H and O–H groups in total. The first kappa shape index (κ1) is 20.5. The number of benzene rings is 3. The average Bonchev–Trinajstić information content (AvgIpc) is 2.78. The van der Waals surface area contributed by atoms with Gasteiger partial charge in [-0.15, -0.1) is 11.8 Å². The van der Waals surface area contributed by atoms with Gasteiger partial charge in [0.2, 0.25) is 0 Å². The zero-order chi connectivity index (χ0) is 20.6. The van der Waals surface area contributed by atoms with Crippen molar-refractivity contribution in [2.75, 3.05) is 25.3 Å². The van der Waals surface area contributed by atoms with Crippen LogP contribution in [0.15, 0.2) is 77.7 Å². The van der Waals surface area contributed by atoms with Crippen LogP contribution in [0, 0.1) is 0 Å². The molecule has 29 heavy (non-hydrogen) atoms. The summed E-state index contributed by atoms with van der Waals surface area (Å²) in [5.74, 6) is 1.53. The van der Waals surface area contributed by atoms with E-state index < -0.39 is 0 Å². The largest absolute Gasteiger partial charge is 0.497 e. The summed E-state index contributed by atoms with van der Waals surface area (Å²) in [5, 5.41) is 2.86. The van der Waals surface area contributed by atoms with Gasteiger partial charge in [0.1, 0.15) is 11.5 Å². The second-order valence-corrected chi connectivity index (χ2v) is 7.20. The van der Waals surface area contributed by atoms with Crippen LogP contribution in [-0.4, -0.2) is 31.7 Å². The van der Waals surface area contributed by atoms with Gasteiger partial charge in [-0.05, 0) is 60.7 Å². The Hall–Kier alpha value is -3.25. The predicted molar refractivity (Wildman–Crippen MR) is 115 cm³/mol. The Morgan fingerprint density at radius 3 is 2.17 bits per heavy atom. The molecule has 0 saturated carbocycles. The summed E-state index contributed by atoms with van der Waals surface area (Å²) in [7, 11) is 3.16. The lowest BCUT2D eigenvalue weighted by Gasteiger charge is -2.08. The van der Waals surface area contributed by atoms with Gasteiger partial charge in [0, 0.05) is 21.7 Å². The maximum absolute atomic E-state index is 12.4. The normalized spacial score (nSPS) is 10.3. The van der Waals surface area contributed by atoms with Crippen LogP contribution in [0.2, 0.25) is 0 Å². The average molecular weight is 407 g/mol. The molecular weight excluding hydrogens is 386 g/mol. The molecule has 0 aliphatic rings. The van der Waals surface area contributed by atoms with Crippen LogP contribution in [0.25, 0.3) is 0 Å². The number of ketones is 1. The molecule has 148 valence electrons. The van der Waals surface area contributed by atoms with Crippen molar-refractivity contribution in [3.8, 4) is 11.5 Å². The number of hydrogen-bond donors (Lipinski definition) is 1. The van der Waals surface area contributed by atoms with Gasteiger partial charge in [0.25, 0.3) is 5.91 Å². The third kappa shape index (κ3) is 5.62. The molecule has 0 fully saturated rings. The molecule has 0 spiro atoms. The van der Waals surface area contributed by atoms with Crippen LogP contribution >= 0.6 is 11.8 Å². The van der Waals surface area contributed by atoms with Crippen molar-refractivity contribution in [1.82, 2.24) is 0 Å². The van der Waals surface area contributed by atoms with Gasteiger partial charge in [-0.3, -0.25) is 9.59 Å². The summed E-state index contributed by atoms with van der Waals surface area (Å²) >= 11 is 1.45. The molecule has 0 aliphatic heterocycles. The molecule has 0 radical (unpaired) electrons. The highest BCUT2D eigenvalue weighted by atomic mass is 32.2. The quantitative estimate of drug-likeness (QED) is 0.424. The Balaban J connectivity index is 1.55. The van der Waals surface area contributed by atoms with E-state index >= 15 is 0 Å². The third-order valence-electron chi connectivity index (χ3n) is 4.23. The zero-order valence-corrected chi connectivity index (χ0v) is 17.0. The summed E-state index contributed by atoms with van der Waals surface area (Å²) in [6, 6.07) is 21.4. The zero-order valence-electron chi connectivity index (χ0n) is 16.2. The van der Waals surface area contributed by atoms with Crippen LogP contribution in [-0.2, 0) is 0 Å². The lowest BCUT2D eigenvalue weighted by Crippen LogP contribution is -2.11. The Labute approximate surface area is 174 Å². The van der Waals surface area contributed by atoms with Crippen LogP contribution in [0.1, 0.15) is 20.7 Å². The van der Waals surface area contributed by atoms with E-state index in [1.165, 1.54) is 11.8 Å². The fourth-order valence-electron chi connectivity index (χ4n) is 2.61. The van der Waals surface area contributed by atoms with E-state index in [4.69, 9.17) is 9.47 Å². The van der Waals surface area contributed by atoms with Gasteiger partial charge >= 0.3 is 0 Å². The molecule has 0 aliphatic carbocycles.